The summed E-state index contributed by atoms with van der Waals surface area (Å²) in [5.74, 6) is 0.480. The van der Waals surface area contributed by atoms with Crippen LogP contribution >= 0.6 is 24.0 Å². The first-order valence-corrected chi connectivity index (χ1v) is 7.62. The lowest BCUT2D eigenvalue weighted by Crippen LogP contribution is -2.43. The number of guanidine groups is 1. The molecule has 0 saturated heterocycles. The Labute approximate surface area is 160 Å². The van der Waals surface area contributed by atoms with Crippen molar-refractivity contribution in [2.24, 2.45) is 4.99 Å². The van der Waals surface area contributed by atoms with Crippen LogP contribution in [0, 0.1) is 5.82 Å². The van der Waals surface area contributed by atoms with Gasteiger partial charge in [-0.05, 0) is 29.8 Å². The molecular weight excluding hydrogens is 418 g/mol. The van der Waals surface area contributed by atoms with Crippen molar-refractivity contribution in [1.82, 2.24) is 15.6 Å². The molecule has 130 valence electrons. The summed E-state index contributed by atoms with van der Waals surface area (Å²) in [5.41, 5.74) is 1.68. The first-order chi connectivity index (χ1) is 11.0. The maximum Gasteiger partial charge on any atom is 0.191 e. The second-order valence-electron chi connectivity index (χ2n) is 5.99. The number of nitrogens with one attached hydrogen (secondary N) is 2. The Kier molecular flexibility index (Phi) is 8.10. The Morgan fingerprint density at radius 1 is 1.17 bits per heavy atom. The Balaban J connectivity index is 0.00000288. The topological polar surface area (TPSA) is 49.3 Å². The highest BCUT2D eigenvalue weighted by molar-refractivity contribution is 14.0. The van der Waals surface area contributed by atoms with Gasteiger partial charge in [0.05, 0.1) is 12.2 Å². The fraction of sp³-hybridized carbons (Fsp3) is 0.333. The van der Waals surface area contributed by atoms with Gasteiger partial charge < -0.3 is 10.6 Å². The van der Waals surface area contributed by atoms with Crippen LogP contribution < -0.4 is 10.6 Å². The Morgan fingerprint density at radius 3 is 2.58 bits per heavy atom. The third-order valence-corrected chi connectivity index (χ3v) is 3.69. The first kappa shape index (κ1) is 20.3. The van der Waals surface area contributed by atoms with Crippen LogP contribution in [0.5, 0.6) is 0 Å². The van der Waals surface area contributed by atoms with E-state index in [9.17, 15) is 4.39 Å². The summed E-state index contributed by atoms with van der Waals surface area (Å²) in [6, 6.07) is 12.5. The maximum absolute atomic E-state index is 13.4. The molecule has 4 nitrogen and oxygen atoms in total. The smallest absolute Gasteiger partial charge is 0.191 e. The second-order valence-corrected chi connectivity index (χ2v) is 5.99. The zero-order chi connectivity index (χ0) is 16.7. The monoisotopic (exact) mass is 442 g/mol. The van der Waals surface area contributed by atoms with Gasteiger partial charge in [-0.2, -0.15) is 0 Å². The number of hydrogen-bond donors (Lipinski definition) is 2. The molecule has 0 aliphatic heterocycles. The summed E-state index contributed by atoms with van der Waals surface area (Å²) in [4.78, 5) is 8.47. The van der Waals surface area contributed by atoms with E-state index in [-0.39, 0.29) is 35.2 Å². The summed E-state index contributed by atoms with van der Waals surface area (Å²) in [5, 5.41) is 6.51. The third kappa shape index (κ3) is 6.07. The summed E-state index contributed by atoms with van der Waals surface area (Å²) in [6.07, 6.45) is 1.76. The molecular formula is C18H24FIN4. The van der Waals surface area contributed by atoms with E-state index in [1.54, 1.807) is 25.4 Å². The highest BCUT2D eigenvalue weighted by atomic mass is 127. The number of benzene rings is 1. The van der Waals surface area contributed by atoms with E-state index in [0.717, 1.165) is 11.3 Å². The largest absolute Gasteiger partial charge is 0.356 e. The van der Waals surface area contributed by atoms with Gasteiger partial charge in [0.25, 0.3) is 0 Å². The summed E-state index contributed by atoms with van der Waals surface area (Å²) >= 11 is 0. The minimum Gasteiger partial charge on any atom is -0.356 e. The number of nitrogens with zero attached hydrogens (tertiary/aromatic N) is 2. The molecule has 2 rings (SSSR count). The van der Waals surface area contributed by atoms with Gasteiger partial charge in [-0.3, -0.25) is 9.98 Å². The number of aliphatic imine (C=N–C) groups is 1. The zero-order valence-corrected chi connectivity index (χ0v) is 16.5. The molecule has 0 bridgehead atoms. The van der Waals surface area contributed by atoms with E-state index in [4.69, 9.17) is 0 Å². The zero-order valence-electron chi connectivity index (χ0n) is 14.2. The van der Waals surface area contributed by atoms with E-state index in [1.807, 2.05) is 24.3 Å². The predicted molar refractivity (Wildman–Crippen MR) is 107 cm³/mol. The Bertz CT molecular complexity index is 659. The molecule has 0 amide bonds. The summed E-state index contributed by atoms with van der Waals surface area (Å²) < 4.78 is 13.4. The molecule has 1 aromatic carbocycles. The molecule has 1 heterocycles. The number of aromatic nitrogens is 1. The van der Waals surface area contributed by atoms with Gasteiger partial charge in [0.15, 0.2) is 5.96 Å². The fourth-order valence-electron chi connectivity index (χ4n) is 2.21. The van der Waals surface area contributed by atoms with Crippen molar-refractivity contribution in [1.29, 1.82) is 0 Å². The number of rotatable bonds is 5. The van der Waals surface area contributed by atoms with Gasteiger partial charge in [0, 0.05) is 25.2 Å². The summed E-state index contributed by atoms with van der Waals surface area (Å²) in [7, 11) is 1.73. The van der Waals surface area contributed by atoms with Crippen LogP contribution in [-0.4, -0.2) is 24.5 Å². The van der Waals surface area contributed by atoms with Crippen molar-refractivity contribution in [2.45, 2.75) is 25.8 Å². The SMILES string of the molecule is CN=C(NCc1ccccn1)NCC(C)(C)c1cccc(F)c1.I. The van der Waals surface area contributed by atoms with Crippen LogP contribution in [0.2, 0.25) is 0 Å². The fourth-order valence-corrected chi connectivity index (χ4v) is 2.21. The molecule has 0 spiro atoms. The molecule has 2 N–H and O–H groups in total. The van der Waals surface area contributed by atoms with Crippen molar-refractivity contribution >= 4 is 29.9 Å². The van der Waals surface area contributed by atoms with Gasteiger partial charge in [-0.15, -0.1) is 24.0 Å². The van der Waals surface area contributed by atoms with Gasteiger partial charge in [-0.25, -0.2) is 4.39 Å². The van der Waals surface area contributed by atoms with Crippen molar-refractivity contribution in [2.75, 3.05) is 13.6 Å². The van der Waals surface area contributed by atoms with E-state index >= 15 is 0 Å². The van der Waals surface area contributed by atoms with Crippen molar-refractivity contribution in [3.05, 3.63) is 65.7 Å². The van der Waals surface area contributed by atoms with Gasteiger partial charge in [0.1, 0.15) is 5.82 Å². The predicted octanol–water partition coefficient (Wildman–Crippen LogP) is 3.48. The lowest BCUT2D eigenvalue weighted by atomic mass is 9.84. The van der Waals surface area contributed by atoms with Crippen LogP contribution in [0.3, 0.4) is 0 Å². The number of halogens is 2. The third-order valence-electron chi connectivity index (χ3n) is 3.69. The van der Waals surface area contributed by atoms with Crippen LogP contribution in [0.4, 0.5) is 4.39 Å². The molecule has 0 radical (unpaired) electrons. The minimum atomic E-state index is -0.218. The number of pyridine rings is 1. The van der Waals surface area contributed by atoms with Crippen LogP contribution in [0.1, 0.15) is 25.1 Å². The Hall–Kier alpha value is -1.70. The lowest BCUT2D eigenvalue weighted by Gasteiger charge is -2.26. The van der Waals surface area contributed by atoms with Crippen molar-refractivity contribution in [3.63, 3.8) is 0 Å². The van der Waals surface area contributed by atoms with E-state index < -0.39 is 0 Å². The summed E-state index contributed by atoms with van der Waals surface area (Å²) in [6.45, 7) is 5.38. The second kappa shape index (κ2) is 9.56. The van der Waals surface area contributed by atoms with Crippen LogP contribution in [0.15, 0.2) is 53.7 Å². The lowest BCUT2D eigenvalue weighted by molar-refractivity contribution is 0.503. The van der Waals surface area contributed by atoms with E-state index in [1.165, 1.54) is 6.07 Å². The standard InChI is InChI=1S/C18H23FN4.HI/c1-18(2,14-7-6-8-15(19)11-14)13-23-17(20-3)22-12-16-9-4-5-10-21-16;/h4-11H,12-13H2,1-3H3,(H2,20,22,23);1H. The normalized spacial score (nSPS) is 11.6. The molecule has 6 heteroatoms. The highest BCUT2D eigenvalue weighted by Crippen LogP contribution is 2.22. The Morgan fingerprint density at radius 2 is 1.96 bits per heavy atom. The minimum absolute atomic E-state index is 0. The molecule has 0 atom stereocenters. The van der Waals surface area contributed by atoms with Crippen molar-refractivity contribution < 1.29 is 4.39 Å². The molecule has 0 saturated carbocycles. The molecule has 0 aliphatic carbocycles. The molecule has 2 aromatic rings. The molecule has 24 heavy (non-hydrogen) atoms. The van der Waals surface area contributed by atoms with E-state index in [2.05, 4.69) is 34.5 Å². The van der Waals surface area contributed by atoms with Gasteiger partial charge in [0.2, 0.25) is 0 Å². The molecule has 0 fully saturated rings. The molecule has 0 aliphatic rings. The highest BCUT2D eigenvalue weighted by Gasteiger charge is 2.21. The molecule has 1 aromatic heterocycles. The van der Waals surface area contributed by atoms with Gasteiger partial charge >= 0.3 is 0 Å². The van der Waals surface area contributed by atoms with Crippen molar-refractivity contribution in [3.8, 4) is 0 Å². The van der Waals surface area contributed by atoms with Crippen LogP contribution in [-0.2, 0) is 12.0 Å². The molecule has 0 unspecified atom stereocenters. The first-order valence-electron chi connectivity index (χ1n) is 7.62. The maximum atomic E-state index is 13.4. The van der Waals surface area contributed by atoms with Crippen LogP contribution in [0.25, 0.3) is 0 Å². The van der Waals surface area contributed by atoms with Gasteiger partial charge in [-0.1, -0.05) is 32.0 Å². The average molecular weight is 442 g/mol. The quantitative estimate of drug-likeness (QED) is 0.424. The number of hydrogen-bond acceptors (Lipinski definition) is 2. The average Bonchev–Trinajstić information content (AvgIpc) is 2.56. The van der Waals surface area contributed by atoms with E-state index in [0.29, 0.717) is 19.0 Å².